The molecule has 1 aromatic heterocycles. The molecule has 10 heteroatoms. The summed E-state index contributed by atoms with van der Waals surface area (Å²) in [7, 11) is -3.59. The highest BCUT2D eigenvalue weighted by Crippen LogP contribution is 2.23. The molecule has 1 aliphatic rings. The number of aryl methyl sites for hydroxylation is 1. The van der Waals surface area contributed by atoms with Crippen LogP contribution in [0, 0.1) is 0 Å². The molecule has 2 N–H and O–H groups in total. The number of aromatic nitrogens is 2. The highest BCUT2D eigenvalue weighted by atomic mass is 32.2. The van der Waals surface area contributed by atoms with E-state index >= 15 is 0 Å². The van der Waals surface area contributed by atoms with Gasteiger partial charge in [-0.2, -0.15) is 4.31 Å². The summed E-state index contributed by atoms with van der Waals surface area (Å²) in [6, 6.07) is 12.6. The second-order valence-electron chi connectivity index (χ2n) is 7.38. The first-order valence-corrected chi connectivity index (χ1v) is 11.4. The molecule has 1 saturated heterocycles. The van der Waals surface area contributed by atoms with Crippen molar-refractivity contribution in [3.05, 3.63) is 69.2 Å². The number of nitrogens with one attached hydrogen (secondary N) is 2. The molecule has 1 aliphatic heterocycles. The normalized spacial score (nSPS) is 14.7. The lowest BCUT2D eigenvalue weighted by atomic mass is 10.2. The van der Waals surface area contributed by atoms with E-state index in [9.17, 15) is 22.8 Å². The minimum Gasteiger partial charge on any atom is -0.326 e. The third-order valence-electron chi connectivity index (χ3n) is 5.27. The van der Waals surface area contributed by atoms with Crippen molar-refractivity contribution in [1.82, 2.24) is 14.1 Å². The van der Waals surface area contributed by atoms with Gasteiger partial charge in [0.2, 0.25) is 15.9 Å². The fourth-order valence-corrected chi connectivity index (χ4v) is 5.22. The number of hydrogen-bond acceptors (Lipinski definition) is 5. The SMILES string of the molecule is O=C(CCn1[nH]c(=O)c2ccccc2c1=O)Nc1cccc(S(=O)(=O)N2CCCC2)c1. The summed E-state index contributed by atoms with van der Waals surface area (Å²) in [5.41, 5.74) is -0.443. The monoisotopic (exact) mass is 442 g/mol. The van der Waals surface area contributed by atoms with E-state index in [4.69, 9.17) is 0 Å². The molecule has 0 spiro atoms. The zero-order valence-electron chi connectivity index (χ0n) is 16.7. The zero-order valence-corrected chi connectivity index (χ0v) is 17.5. The van der Waals surface area contributed by atoms with Gasteiger partial charge in [-0.25, -0.2) is 13.1 Å². The van der Waals surface area contributed by atoms with Crippen LogP contribution in [-0.4, -0.2) is 41.5 Å². The predicted octanol–water partition coefficient (Wildman–Crippen LogP) is 1.50. The fraction of sp³-hybridized carbons (Fsp3) is 0.286. The second-order valence-corrected chi connectivity index (χ2v) is 9.32. The molecule has 31 heavy (non-hydrogen) atoms. The van der Waals surface area contributed by atoms with E-state index in [0.29, 0.717) is 24.2 Å². The van der Waals surface area contributed by atoms with Gasteiger partial charge in [-0.15, -0.1) is 0 Å². The van der Waals surface area contributed by atoms with E-state index in [-0.39, 0.29) is 28.8 Å². The lowest BCUT2D eigenvalue weighted by Crippen LogP contribution is -2.31. The average molecular weight is 442 g/mol. The number of H-pyrrole nitrogens is 1. The Morgan fingerprint density at radius 1 is 1.00 bits per heavy atom. The van der Waals surface area contributed by atoms with Gasteiger partial charge in [-0.3, -0.25) is 19.5 Å². The molecule has 0 radical (unpaired) electrons. The van der Waals surface area contributed by atoms with Crippen molar-refractivity contribution in [2.45, 2.75) is 30.7 Å². The van der Waals surface area contributed by atoms with Gasteiger partial charge >= 0.3 is 0 Å². The largest absolute Gasteiger partial charge is 0.326 e. The van der Waals surface area contributed by atoms with Crippen LogP contribution in [0.25, 0.3) is 10.8 Å². The molecule has 2 heterocycles. The van der Waals surface area contributed by atoms with Crippen molar-refractivity contribution in [3.8, 4) is 0 Å². The summed E-state index contributed by atoms with van der Waals surface area (Å²) in [5, 5.41) is 5.72. The van der Waals surface area contributed by atoms with Crippen LogP contribution in [0.15, 0.2) is 63.0 Å². The molecule has 162 valence electrons. The highest BCUT2D eigenvalue weighted by Gasteiger charge is 2.27. The molecule has 1 amide bonds. The van der Waals surface area contributed by atoms with Crippen molar-refractivity contribution >= 4 is 32.4 Å². The Labute approximate surface area is 178 Å². The summed E-state index contributed by atoms with van der Waals surface area (Å²) in [6.07, 6.45) is 1.61. The Kier molecular flexibility index (Phi) is 5.75. The van der Waals surface area contributed by atoms with Gasteiger partial charge in [0.15, 0.2) is 0 Å². The van der Waals surface area contributed by atoms with Crippen LogP contribution in [-0.2, 0) is 21.4 Å². The number of benzene rings is 2. The maximum absolute atomic E-state index is 12.7. The van der Waals surface area contributed by atoms with Crippen molar-refractivity contribution in [3.63, 3.8) is 0 Å². The van der Waals surface area contributed by atoms with Crippen LogP contribution in [0.2, 0.25) is 0 Å². The lowest BCUT2D eigenvalue weighted by molar-refractivity contribution is -0.116. The number of carbonyl (C=O) groups excluding carboxylic acids is 1. The third kappa shape index (κ3) is 4.30. The summed E-state index contributed by atoms with van der Waals surface area (Å²) in [5.74, 6) is -0.406. The van der Waals surface area contributed by atoms with Gasteiger partial charge in [-0.05, 0) is 43.2 Å². The van der Waals surface area contributed by atoms with E-state index < -0.39 is 21.5 Å². The van der Waals surface area contributed by atoms with E-state index in [2.05, 4.69) is 10.4 Å². The molecule has 0 aliphatic carbocycles. The number of amides is 1. The van der Waals surface area contributed by atoms with Gasteiger partial charge in [0.25, 0.3) is 11.1 Å². The van der Waals surface area contributed by atoms with E-state index in [1.54, 1.807) is 36.4 Å². The molecule has 4 rings (SSSR count). The number of fused-ring (bicyclic) bond motifs is 1. The van der Waals surface area contributed by atoms with Crippen LogP contribution >= 0.6 is 0 Å². The number of sulfonamides is 1. The fourth-order valence-electron chi connectivity index (χ4n) is 3.65. The number of nitrogens with zero attached hydrogens (tertiary/aromatic N) is 2. The summed E-state index contributed by atoms with van der Waals surface area (Å²) in [6.45, 7) is 0.978. The molecular formula is C21H22N4O5S. The molecule has 0 saturated carbocycles. The second kappa shape index (κ2) is 8.48. The average Bonchev–Trinajstić information content (AvgIpc) is 3.31. The number of anilines is 1. The molecule has 1 fully saturated rings. The minimum atomic E-state index is -3.59. The third-order valence-corrected chi connectivity index (χ3v) is 7.16. The molecule has 0 bridgehead atoms. The maximum atomic E-state index is 12.7. The van der Waals surface area contributed by atoms with Crippen LogP contribution in [0.4, 0.5) is 5.69 Å². The first kappa shape index (κ1) is 21.0. The van der Waals surface area contributed by atoms with Gasteiger partial charge < -0.3 is 5.32 Å². The minimum absolute atomic E-state index is 0.0174. The number of carbonyl (C=O) groups is 1. The summed E-state index contributed by atoms with van der Waals surface area (Å²) < 4.78 is 28.0. The van der Waals surface area contributed by atoms with Gasteiger partial charge in [0.1, 0.15) is 0 Å². The molecule has 3 aromatic rings. The number of aromatic amines is 1. The Balaban J connectivity index is 1.47. The van der Waals surface area contributed by atoms with Crippen molar-refractivity contribution < 1.29 is 13.2 Å². The summed E-state index contributed by atoms with van der Waals surface area (Å²) >= 11 is 0. The topological polar surface area (TPSA) is 121 Å². The molecule has 0 unspecified atom stereocenters. The van der Waals surface area contributed by atoms with Crippen molar-refractivity contribution in [2.75, 3.05) is 18.4 Å². The molecule has 2 aromatic carbocycles. The standard InChI is InChI=1S/C21H22N4O5S/c26-19(10-13-25-21(28)18-9-2-1-8-17(18)20(27)23-25)22-15-6-5-7-16(14-15)31(29,30)24-11-3-4-12-24/h1-2,5-9,14H,3-4,10-13H2,(H,22,26)(H,23,27). The predicted molar refractivity (Wildman–Crippen MR) is 117 cm³/mol. The van der Waals surface area contributed by atoms with Crippen LogP contribution in [0.3, 0.4) is 0 Å². The highest BCUT2D eigenvalue weighted by molar-refractivity contribution is 7.89. The van der Waals surface area contributed by atoms with Crippen LogP contribution in [0.1, 0.15) is 19.3 Å². The molecule has 9 nitrogen and oxygen atoms in total. The van der Waals surface area contributed by atoms with Crippen molar-refractivity contribution in [2.24, 2.45) is 0 Å². The molecular weight excluding hydrogens is 420 g/mol. The molecule has 0 atom stereocenters. The van der Waals surface area contributed by atoms with Gasteiger partial charge in [0.05, 0.1) is 22.2 Å². The maximum Gasteiger partial charge on any atom is 0.273 e. The Bertz CT molecular complexity index is 1350. The van der Waals surface area contributed by atoms with Gasteiger partial charge in [0, 0.05) is 25.2 Å². The lowest BCUT2D eigenvalue weighted by Gasteiger charge is -2.16. The Morgan fingerprint density at radius 2 is 1.71 bits per heavy atom. The van der Waals surface area contributed by atoms with Crippen molar-refractivity contribution in [1.29, 1.82) is 0 Å². The van der Waals surface area contributed by atoms with Gasteiger partial charge in [-0.1, -0.05) is 18.2 Å². The quantitative estimate of drug-likeness (QED) is 0.599. The zero-order chi connectivity index (χ0) is 22.0. The number of rotatable bonds is 6. The first-order chi connectivity index (χ1) is 14.9. The Hall–Kier alpha value is -3.24. The van der Waals surface area contributed by atoms with Crippen LogP contribution < -0.4 is 16.4 Å². The van der Waals surface area contributed by atoms with Crippen LogP contribution in [0.5, 0.6) is 0 Å². The number of hydrogen-bond donors (Lipinski definition) is 2. The van der Waals surface area contributed by atoms with E-state index in [0.717, 1.165) is 17.5 Å². The summed E-state index contributed by atoms with van der Waals surface area (Å²) in [4.78, 5) is 37.2. The van der Waals surface area contributed by atoms with E-state index in [1.807, 2.05) is 0 Å². The first-order valence-electron chi connectivity index (χ1n) is 9.98. The van der Waals surface area contributed by atoms with E-state index in [1.165, 1.54) is 16.4 Å². The Morgan fingerprint density at radius 3 is 2.45 bits per heavy atom. The smallest absolute Gasteiger partial charge is 0.273 e.